The Labute approximate surface area is 321 Å². The summed E-state index contributed by atoms with van der Waals surface area (Å²) in [6.07, 6.45) is 4.79. The first kappa shape index (κ1) is 44.1. The van der Waals surface area contributed by atoms with Crippen molar-refractivity contribution >= 4 is 41.4 Å². The summed E-state index contributed by atoms with van der Waals surface area (Å²) in [6.45, 7) is 7.82. The monoisotopic (exact) mass is 767 g/mol. The smallest absolute Gasteiger partial charge is 0.303 e. The molecule has 1 aromatic heterocycles. The highest BCUT2D eigenvalue weighted by molar-refractivity contribution is 5.97. The van der Waals surface area contributed by atoms with Crippen LogP contribution in [-0.2, 0) is 46.4 Å². The molecule has 17 nitrogen and oxygen atoms in total. The van der Waals surface area contributed by atoms with E-state index in [4.69, 9.17) is 5.73 Å². The molecule has 3 rings (SSSR count). The lowest BCUT2D eigenvalue weighted by atomic mass is 9.96. The van der Waals surface area contributed by atoms with Crippen LogP contribution in [0.5, 0.6) is 0 Å². The van der Waals surface area contributed by atoms with Gasteiger partial charge in [-0.2, -0.15) is 0 Å². The summed E-state index contributed by atoms with van der Waals surface area (Å²) in [6, 6.07) is 2.55. The number of aromatic amines is 1. The Hall–Kier alpha value is -5.32. The molecule has 0 radical (unpaired) electrons. The molecular formula is C38H57N9O8. The first-order chi connectivity index (χ1) is 26.2. The number of aliphatic carboxylic acids is 1. The van der Waals surface area contributed by atoms with Gasteiger partial charge >= 0.3 is 5.97 Å². The van der Waals surface area contributed by atoms with Gasteiger partial charge in [0, 0.05) is 31.3 Å². The molecule has 0 unspecified atom stereocenters. The van der Waals surface area contributed by atoms with Gasteiger partial charge in [-0.3, -0.25) is 33.6 Å². The van der Waals surface area contributed by atoms with Crippen LogP contribution in [0.25, 0.3) is 0 Å². The fraction of sp³-hybridized carbons (Fsp3) is 0.579. The summed E-state index contributed by atoms with van der Waals surface area (Å²) in [5.41, 5.74) is 7.51. The Morgan fingerprint density at radius 1 is 0.873 bits per heavy atom. The second-order valence-electron chi connectivity index (χ2n) is 14.5. The van der Waals surface area contributed by atoms with Crippen molar-refractivity contribution in [1.82, 2.24) is 41.9 Å². The number of nitrogens with two attached hydrogens (primary N) is 1. The number of carbonyl (C=O) groups is 7. The minimum absolute atomic E-state index is 0.0435. The van der Waals surface area contributed by atoms with Gasteiger partial charge in [0.05, 0.1) is 12.4 Å². The van der Waals surface area contributed by atoms with Gasteiger partial charge in [-0.15, -0.1) is 0 Å². The molecule has 0 aliphatic carbocycles. The molecule has 6 amide bonds. The fourth-order valence-electron chi connectivity index (χ4n) is 6.14. The van der Waals surface area contributed by atoms with E-state index in [1.54, 1.807) is 6.92 Å². The molecule has 1 aliphatic rings. The third-order valence-corrected chi connectivity index (χ3v) is 9.51. The van der Waals surface area contributed by atoms with Crippen molar-refractivity contribution in [3.05, 3.63) is 54.1 Å². The van der Waals surface area contributed by atoms with Gasteiger partial charge in [-0.25, -0.2) is 4.98 Å². The minimum atomic E-state index is -1.42. The van der Waals surface area contributed by atoms with Gasteiger partial charge < -0.3 is 47.7 Å². The van der Waals surface area contributed by atoms with Crippen molar-refractivity contribution in [2.24, 2.45) is 17.6 Å². The van der Waals surface area contributed by atoms with Gasteiger partial charge in [0.25, 0.3) is 0 Å². The number of amides is 6. The topological polar surface area (TPSA) is 267 Å². The summed E-state index contributed by atoms with van der Waals surface area (Å²) >= 11 is 0. The lowest BCUT2D eigenvalue weighted by molar-refractivity contribution is -0.139. The normalized spacial score (nSPS) is 17.6. The van der Waals surface area contributed by atoms with Gasteiger partial charge in [0.2, 0.25) is 35.4 Å². The zero-order chi connectivity index (χ0) is 40.5. The van der Waals surface area contributed by atoms with Crippen molar-refractivity contribution < 1.29 is 38.7 Å². The molecule has 2 heterocycles. The number of nitrogens with one attached hydrogen (secondary N) is 7. The Balaban J connectivity index is 1.81. The van der Waals surface area contributed by atoms with Gasteiger partial charge in [0.15, 0.2) is 0 Å². The van der Waals surface area contributed by atoms with Crippen molar-refractivity contribution in [2.45, 2.75) is 122 Å². The predicted molar refractivity (Wildman–Crippen MR) is 203 cm³/mol. The van der Waals surface area contributed by atoms with E-state index in [0.29, 0.717) is 25.1 Å². The van der Waals surface area contributed by atoms with E-state index in [0.717, 1.165) is 18.4 Å². The number of hydrogen-bond acceptors (Lipinski definition) is 9. The third-order valence-electron chi connectivity index (χ3n) is 9.51. The van der Waals surface area contributed by atoms with Crippen molar-refractivity contribution in [1.29, 1.82) is 0 Å². The molecule has 302 valence electrons. The van der Waals surface area contributed by atoms with Crippen molar-refractivity contribution in [3.63, 3.8) is 0 Å². The van der Waals surface area contributed by atoms with Crippen LogP contribution in [0.2, 0.25) is 0 Å². The van der Waals surface area contributed by atoms with Crippen LogP contribution in [0.4, 0.5) is 0 Å². The maximum atomic E-state index is 14.0. The van der Waals surface area contributed by atoms with E-state index in [2.05, 4.69) is 41.9 Å². The van der Waals surface area contributed by atoms with Gasteiger partial charge in [0.1, 0.15) is 30.2 Å². The second kappa shape index (κ2) is 22.2. The van der Waals surface area contributed by atoms with Gasteiger partial charge in [-0.1, -0.05) is 64.4 Å². The average Bonchev–Trinajstić information content (AvgIpc) is 3.58. The summed E-state index contributed by atoms with van der Waals surface area (Å²) in [5, 5.41) is 25.7. The zero-order valence-corrected chi connectivity index (χ0v) is 32.1. The molecule has 17 heteroatoms. The number of benzene rings is 1. The molecule has 1 fully saturated rings. The van der Waals surface area contributed by atoms with Crippen LogP contribution in [-0.4, -0.2) is 99.3 Å². The number of imidazole rings is 1. The molecule has 1 aromatic carbocycles. The van der Waals surface area contributed by atoms with E-state index < -0.39 is 84.1 Å². The van der Waals surface area contributed by atoms with Crippen LogP contribution < -0.4 is 37.6 Å². The summed E-state index contributed by atoms with van der Waals surface area (Å²) in [7, 11) is 0. The minimum Gasteiger partial charge on any atom is -0.481 e. The molecular weight excluding hydrogens is 710 g/mol. The van der Waals surface area contributed by atoms with Gasteiger partial charge in [-0.05, 0) is 55.9 Å². The standard InChI is InChI=1S/C38H57N9O8/c1-5-23(4)32(38(55)44-27-13-9-10-16-41-34(27)51)47-35(52)28(14-15-31(48)49)43-37(54)30(19-25-20-40-21-42-25)46-36(53)29(17-22(2)3)45-33(50)26(39)18-24-11-7-6-8-12-24/h6-8,11-12,20-23,26-30,32H,5,9-10,13-19,39H2,1-4H3,(H,40,42)(H,41,51)(H,43,54)(H,44,55)(H,45,50)(H,46,53)(H,47,52)(H,48,49)/t23-,26+,27-,28+,29+,30-,32+/m0/s1. The molecule has 2 aromatic rings. The van der Waals surface area contributed by atoms with E-state index in [9.17, 15) is 38.7 Å². The van der Waals surface area contributed by atoms with Crippen molar-refractivity contribution in [3.8, 4) is 0 Å². The Morgan fingerprint density at radius 3 is 2.16 bits per heavy atom. The second-order valence-corrected chi connectivity index (χ2v) is 14.5. The third kappa shape index (κ3) is 14.8. The Morgan fingerprint density at radius 2 is 1.53 bits per heavy atom. The summed E-state index contributed by atoms with van der Waals surface area (Å²) in [5.74, 6) is -5.41. The molecule has 7 atom stereocenters. The highest BCUT2D eigenvalue weighted by atomic mass is 16.4. The molecule has 0 saturated carbocycles. The average molecular weight is 768 g/mol. The number of carboxylic acids is 1. The molecule has 1 aliphatic heterocycles. The highest BCUT2D eigenvalue weighted by Gasteiger charge is 2.35. The number of carboxylic acid groups (broad SMARTS) is 1. The molecule has 10 N–H and O–H groups in total. The lowest BCUT2D eigenvalue weighted by Crippen LogP contribution is -2.60. The Kier molecular flexibility index (Phi) is 17.8. The number of hydrogen-bond donors (Lipinski definition) is 9. The fourth-order valence-corrected chi connectivity index (χ4v) is 6.14. The van der Waals surface area contributed by atoms with E-state index in [1.165, 1.54) is 12.5 Å². The first-order valence-electron chi connectivity index (χ1n) is 19.0. The van der Waals surface area contributed by atoms with Crippen LogP contribution in [0, 0.1) is 11.8 Å². The number of H-pyrrole nitrogens is 1. The molecule has 0 spiro atoms. The highest BCUT2D eigenvalue weighted by Crippen LogP contribution is 2.13. The number of carbonyl (C=O) groups excluding carboxylic acids is 6. The maximum absolute atomic E-state index is 14.0. The first-order valence-corrected chi connectivity index (χ1v) is 19.0. The van der Waals surface area contributed by atoms with Crippen LogP contribution in [0.15, 0.2) is 42.9 Å². The van der Waals surface area contributed by atoms with Crippen LogP contribution in [0.3, 0.4) is 0 Å². The van der Waals surface area contributed by atoms with Crippen LogP contribution >= 0.6 is 0 Å². The number of aromatic nitrogens is 2. The van der Waals surface area contributed by atoms with E-state index >= 15 is 0 Å². The largest absolute Gasteiger partial charge is 0.481 e. The summed E-state index contributed by atoms with van der Waals surface area (Å²) < 4.78 is 0. The molecule has 1 saturated heterocycles. The van der Waals surface area contributed by atoms with Crippen molar-refractivity contribution in [2.75, 3.05) is 6.54 Å². The number of nitrogens with zero attached hydrogens (tertiary/aromatic N) is 1. The molecule has 55 heavy (non-hydrogen) atoms. The van der Waals surface area contributed by atoms with E-state index in [1.807, 2.05) is 51.1 Å². The number of rotatable bonds is 21. The zero-order valence-electron chi connectivity index (χ0n) is 32.1. The SMILES string of the molecule is CC[C@H](C)[C@@H](NC(=O)[C@@H](CCC(=O)O)NC(=O)[C@H](Cc1cnc[nH]1)NC(=O)[C@@H](CC(C)C)NC(=O)[C@H](N)Cc1ccccc1)C(=O)N[C@H]1CCCCNC1=O. The lowest BCUT2D eigenvalue weighted by Gasteiger charge is -2.29. The quantitative estimate of drug-likeness (QED) is 0.0833. The van der Waals surface area contributed by atoms with Crippen LogP contribution in [0.1, 0.15) is 83.9 Å². The summed E-state index contributed by atoms with van der Waals surface area (Å²) in [4.78, 5) is 99.2. The predicted octanol–water partition coefficient (Wildman–Crippen LogP) is 0.203. The Bertz CT molecular complexity index is 1590. The van der Waals surface area contributed by atoms with E-state index in [-0.39, 0.29) is 37.5 Å². The maximum Gasteiger partial charge on any atom is 0.303 e. The molecule has 0 bridgehead atoms.